The fourth-order valence-corrected chi connectivity index (χ4v) is 3.06. The van der Waals surface area contributed by atoms with E-state index in [-0.39, 0.29) is 12.6 Å². The molecule has 1 aliphatic rings. The van der Waals surface area contributed by atoms with Crippen LogP contribution in [0.25, 0.3) is 11.5 Å². The number of hydrogen-bond donors (Lipinski definition) is 2. The fourth-order valence-electron chi connectivity index (χ4n) is 3.06. The fraction of sp³-hybridized carbons (Fsp3) is 0.474. The van der Waals surface area contributed by atoms with Crippen LogP contribution in [0.5, 0.6) is 0 Å². The van der Waals surface area contributed by atoms with Crippen LogP contribution < -0.4 is 5.32 Å². The van der Waals surface area contributed by atoms with Crippen LogP contribution in [0.2, 0.25) is 0 Å². The van der Waals surface area contributed by atoms with Crippen LogP contribution in [0.15, 0.2) is 28.8 Å². The summed E-state index contributed by atoms with van der Waals surface area (Å²) in [6.45, 7) is 4.84. The SMILES string of the molecule is CCc1noc(-c2ccc(CCNC(=O)N3CCC(C)(C(=O)O)C3)cc2)n1. The lowest BCUT2D eigenvalue weighted by atomic mass is 9.90. The standard InChI is InChI=1S/C19H24N4O4/c1-3-15-21-16(27-22-15)14-6-4-13(5-7-14)8-10-20-18(26)23-11-9-19(2,12-23)17(24)25/h4-7H,3,8-12H2,1-2H3,(H,20,26)(H,24,25). The Morgan fingerprint density at radius 2 is 2.07 bits per heavy atom. The molecule has 27 heavy (non-hydrogen) atoms. The zero-order valence-electron chi connectivity index (χ0n) is 15.6. The third kappa shape index (κ3) is 4.27. The summed E-state index contributed by atoms with van der Waals surface area (Å²) in [5.74, 6) is 0.324. The monoisotopic (exact) mass is 372 g/mol. The topological polar surface area (TPSA) is 109 Å². The van der Waals surface area contributed by atoms with Crippen LogP contribution in [0, 0.1) is 5.41 Å². The number of carboxylic acid groups (broad SMARTS) is 1. The molecule has 0 bridgehead atoms. The molecule has 8 nitrogen and oxygen atoms in total. The van der Waals surface area contributed by atoms with Crippen molar-refractivity contribution in [3.63, 3.8) is 0 Å². The molecule has 1 aliphatic heterocycles. The average molecular weight is 372 g/mol. The van der Waals surface area contributed by atoms with Gasteiger partial charge in [-0.1, -0.05) is 24.2 Å². The van der Waals surface area contributed by atoms with Crippen LogP contribution in [0.1, 0.15) is 31.7 Å². The van der Waals surface area contributed by atoms with E-state index in [2.05, 4.69) is 15.5 Å². The van der Waals surface area contributed by atoms with Crippen LogP contribution in [-0.2, 0) is 17.6 Å². The Kier molecular flexibility index (Phi) is 5.43. The number of urea groups is 1. The van der Waals surface area contributed by atoms with Crippen molar-refractivity contribution >= 4 is 12.0 Å². The zero-order chi connectivity index (χ0) is 19.4. The second kappa shape index (κ2) is 7.77. The first kappa shape index (κ1) is 18.9. The van der Waals surface area contributed by atoms with Crippen molar-refractivity contribution in [2.75, 3.05) is 19.6 Å². The lowest BCUT2D eigenvalue weighted by Gasteiger charge is -2.20. The number of nitrogens with one attached hydrogen (secondary N) is 1. The molecule has 0 spiro atoms. The Bertz CT molecular complexity index is 817. The van der Waals surface area contributed by atoms with E-state index in [1.807, 2.05) is 31.2 Å². The van der Waals surface area contributed by atoms with Gasteiger partial charge in [-0.05, 0) is 37.5 Å². The van der Waals surface area contributed by atoms with E-state index in [1.165, 1.54) is 0 Å². The summed E-state index contributed by atoms with van der Waals surface area (Å²) in [5.41, 5.74) is 1.09. The molecule has 0 radical (unpaired) electrons. The number of amides is 2. The van der Waals surface area contributed by atoms with Gasteiger partial charge in [0.05, 0.1) is 5.41 Å². The predicted octanol–water partition coefficient (Wildman–Crippen LogP) is 2.35. The van der Waals surface area contributed by atoms with E-state index in [1.54, 1.807) is 11.8 Å². The molecule has 1 aromatic carbocycles. The molecule has 2 aromatic rings. The molecule has 2 amide bonds. The molecule has 8 heteroatoms. The normalized spacial score (nSPS) is 19.3. The lowest BCUT2D eigenvalue weighted by molar-refractivity contribution is -0.147. The zero-order valence-corrected chi connectivity index (χ0v) is 15.6. The molecule has 1 aromatic heterocycles. The highest BCUT2D eigenvalue weighted by Gasteiger charge is 2.42. The Hall–Kier alpha value is -2.90. The molecule has 2 heterocycles. The Balaban J connectivity index is 1.48. The maximum atomic E-state index is 12.2. The maximum absolute atomic E-state index is 12.2. The number of carbonyl (C=O) groups excluding carboxylic acids is 1. The first-order valence-corrected chi connectivity index (χ1v) is 9.09. The lowest BCUT2D eigenvalue weighted by Crippen LogP contribution is -2.41. The average Bonchev–Trinajstić information content (AvgIpc) is 3.30. The van der Waals surface area contributed by atoms with Gasteiger partial charge in [-0.25, -0.2) is 4.79 Å². The van der Waals surface area contributed by atoms with E-state index in [4.69, 9.17) is 4.52 Å². The molecule has 1 unspecified atom stereocenters. The number of benzene rings is 1. The summed E-state index contributed by atoms with van der Waals surface area (Å²) in [6.07, 6.45) is 1.89. The first-order chi connectivity index (χ1) is 12.9. The third-order valence-corrected chi connectivity index (χ3v) is 4.95. The van der Waals surface area contributed by atoms with E-state index in [0.717, 1.165) is 17.5 Å². The summed E-state index contributed by atoms with van der Waals surface area (Å²) in [7, 11) is 0. The van der Waals surface area contributed by atoms with Crippen molar-refractivity contribution in [2.24, 2.45) is 5.41 Å². The van der Waals surface area contributed by atoms with Crippen LogP contribution >= 0.6 is 0 Å². The highest BCUT2D eigenvalue weighted by Crippen LogP contribution is 2.29. The molecular weight excluding hydrogens is 348 g/mol. The van der Waals surface area contributed by atoms with Gasteiger partial charge >= 0.3 is 12.0 Å². The minimum absolute atomic E-state index is 0.213. The summed E-state index contributed by atoms with van der Waals surface area (Å²) in [5, 5.41) is 16.0. The molecule has 1 atom stereocenters. The van der Waals surface area contributed by atoms with Gasteiger partial charge in [-0.3, -0.25) is 4.79 Å². The molecule has 3 rings (SSSR count). The summed E-state index contributed by atoms with van der Waals surface area (Å²) in [6, 6.07) is 7.56. The quantitative estimate of drug-likeness (QED) is 0.806. The Labute approximate surface area is 157 Å². The second-order valence-corrected chi connectivity index (χ2v) is 7.09. The molecule has 0 aliphatic carbocycles. The van der Waals surface area contributed by atoms with Crippen molar-refractivity contribution < 1.29 is 19.2 Å². The second-order valence-electron chi connectivity index (χ2n) is 7.09. The number of aromatic nitrogens is 2. The minimum atomic E-state index is -0.856. The smallest absolute Gasteiger partial charge is 0.317 e. The van der Waals surface area contributed by atoms with Gasteiger partial charge in [-0.2, -0.15) is 4.98 Å². The van der Waals surface area contributed by atoms with Gasteiger partial charge in [-0.15, -0.1) is 0 Å². The molecule has 144 valence electrons. The number of hydrogen-bond acceptors (Lipinski definition) is 5. The van der Waals surface area contributed by atoms with Gasteiger partial charge < -0.3 is 19.8 Å². The van der Waals surface area contributed by atoms with Crippen LogP contribution in [0.4, 0.5) is 4.79 Å². The van der Waals surface area contributed by atoms with Crippen molar-refractivity contribution in [3.05, 3.63) is 35.7 Å². The van der Waals surface area contributed by atoms with Gasteiger partial charge in [0.1, 0.15) is 0 Å². The van der Waals surface area contributed by atoms with Gasteiger partial charge in [0.25, 0.3) is 5.89 Å². The Morgan fingerprint density at radius 3 is 2.67 bits per heavy atom. The van der Waals surface area contributed by atoms with E-state index in [9.17, 15) is 14.7 Å². The van der Waals surface area contributed by atoms with Crippen molar-refractivity contribution in [3.8, 4) is 11.5 Å². The number of carboxylic acids is 1. The predicted molar refractivity (Wildman–Crippen MR) is 98.1 cm³/mol. The van der Waals surface area contributed by atoms with E-state index in [0.29, 0.717) is 37.6 Å². The third-order valence-electron chi connectivity index (χ3n) is 4.95. The number of aliphatic carboxylic acids is 1. The molecule has 1 fully saturated rings. The number of likely N-dealkylation sites (tertiary alicyclic amines) is 1. The molecular formula is C19H24N4O4. The minimum Gasteiger partial charge on any atom is -0.481 e. The first-order valence-electron chi connectivity index (χ1n) is 9.09. The molecule has 2 N–H and O–H groups in total. The number of carbonyl (C=O) groups is 2. The largest absolute Gasteiger partial charge is 0.481 e. The van der Waals surface area contributed by atoms with Gasteiger partial charge in [0, 0.05) is 31.6 Å². The number of nitrogens with zero attached hydrogens (tertiary/aromatic N) is 3. The van der Waals surface area contributed by atoms with E-state index < -0.39 is 11.4 Å². The summed E-state index contributed by atoms with van der Waals surface area (Å²) < 4.78 is 5.22. The number of rotatable bonds is 6. The van der Waals surface area contributed by atoms with Crippen molar-refractivity contribution in [2.45, 2.75) is 33.1 Å². The van der Waals surface area contributed by atoms with Crippen LogP contribution in [-0.4, -0.2) is 51.8 Å². The van der Waals surface area contributed by atoms with Gasteiger partial charge in [0.2, 0.25) is 0 Å². The Morgan fingerprint density at radius 1 is 1.33 bits per heavy atom. The van der Waals surface area contributed by atoms with Crippen molar-refractivity contribution in [1.82, 2.24) is 20.4 Å². The summed E-state index contributed by atoms with van der Waals surface area (Å²) in [4.78, 5) is 29.3. The highest BCUT2D eigenvalue weighted by atomic mass is 16.5. The highest BCUT2D eigenvalue weighted by molar-refractivity contribution is 5.79. The molecule has 0 saturated carbocycles. The van der Waals surface area contributed by atoms with Crippen molar-refractivity contribution in [1.29, 1.82) is 0 Å². The summed E-state index contributed by atoms with van der Waals surface area (Å²) >= 11 is 0. The molecule has 1 saturated heterocycles. The van der Waals surface area contributed by atoms with Crippen LogP contribution in [0.3, 0.4) is 0 Å². The number of aryl methyl sites for hydroxylation is 1. The maximum Gasteiger partial charge on any atom is 0.317 e. The van der Waals surface area contributed by atoms with Gasteiger partial charge in [0.15, 0.2) is 5.82 Å². The van der Waals surface area contributed by atoms with E-state index >= 15 is 0 Å².